The Balaban J connectivity index is 2.20. The van der Waals surface area contributed by atoms with E-state index in [1.54, 1.807) is 13.0 Å². The number of hydrogen-bond donors (Lipinski definition) is 1. The SMILES string of the molecule is Cc1ccc(C(=O)O)cc1OCc1cc(Cl)ccc1F. The Morgan fingerprint density at radius 1 is 1.30 bits per heavy atom. The molecule has 2 aromatic rings. The van der Waals surface area contributed by atoms with Gasteiger partial charge in [0, 0.05) is 10.6 Å². The van der Waals surface area contributed by atoms with Gasteiger partial charge in [0.2, 0.25) is 0 Å². The number of carboxylic acid groups (broad SMARTS) is 1. The summed E-state index contributed by atoms with van der Waals surface area (Å²) in [4.78, 5) is 10.9. The Kier molecular flexibility index (Phi) is 4.25. The summed E-state index contributed by atoms with van der Waals surface area (Å²) in [6.45, 7) is 1.77. The van der Waals surface area contributed by atoms with E-state index in [1.807, 2.05) is 0 Å². The van der Waals surface area contributed by atoms with Crippen LogP contribution in [-0.4, -0.2) is 11.1 Å². The molecule has 0 unspecified atom stereocenters. The largest absolute Gasteiger partial charge is 0.488 e. The highest BCUT2D eigenvalue weighted by Gasteiger charge is 2.09. The summed E-state index contributed by atoms with van der Waals surface area (Å²) >= 11 is 5.80. The number of carboxylic acids is 1. The second kappa shape index (κ2) is 5.92. The molecule has 0 aliphatic heterocycles. The fourth-order valence-corrected chi connectivity index (χ4v) is 1.89. The maximum atomic E-state index is 13.5. The molecule has 0 amide bonds. The third-order valence-corrected chi connectivity index (χ3v) is 3.06. The monoisotopic (exact) mass is 294 g/mol. The Morgan fingerprint density at radius 3 is 2.75 bits per heavy atom. The highest BCUT2D eigenvalue weighted by Crippen LogP contribution is 2.22. The van der Waals surface area contributed by atoms with Crippen LogP contribution in [0.4, 0.5) is 4.39 Å². The van der Waals surface area contributed by atoms with Crippen LogP contribution in [0.3, 0.4) is 0 Å². The molecule has 5 heteroatoms. The first-order valence-corrected chi connectivity index (χ1v) is 6.26. The lowest BCUT2D eigenvalue weighted by Gasteiger charge is -2.10. The summed E-state index contributed by atoms with van der Waals surface area (Å²) in [6.07, 6.45) is 0. The summed E-state index contributed by atoms with van der Waals surface area (Å²) in [5.41, 5.74) is 1.22. The van der Waals surface area contributed by atoms with E-state index in [0.29, 0.717) is 16.3 Å². The average Bonchev–Trinajstić information content (AvgIpc) is 2.41. The number of aryl methyl sites for hydroxylation is 1. The van der Waals surface area contributed by atoms with Crippen molar-refractivity contribution in [1.29, 1.82) is 0 Å². The van der Waals surface area contributed by atoms with Gasteiger partial charge in [-0.2, -0.15) is 0 Å². The summed E-state index contributed by atoms with van der Waals surface area (Å²) in [5.74, 6) is -1.05. The molecule has 3 nitrogen and oxygen atoms in total. The molecule has 20 heavy (non-hydrogen) atoms. The van der Waals surface area contributed by atoms with Crippen LogP contribution in [0.25, 0.3) is 0 Å². The molecule has 0 fully saturated rings. The van der Waals surface area contributed by atoms with Crippen molar-refractivity contribution in [2.45, 2.75) is 13.5 Å². The number of halogens is 2. The van der Waals surface area contributed by atoms with Gasteiger partial charge in [-0.05, 0) is 42.8 Å². The second-order valence-electron chi connectivity index (χ2n) is 4.31. The number of carbonyl (C=O) groups is 1. The molecule has 0 saturated heterocycles. The second-order valence-corrected chi connectivity index (χ2v) is 4.75. The van der Waals surface area contributed by atoms with Crippen molar-refractivity contribution >= 4 is 17.6 Å². The third kappa shape index (κ3) is 3.27. The van der Waals surface area contributed by atoms with Gasteiger partial charge >= 0.3 is 5.97 Å². The molecule has 104 valence electrons. The Labute approximate surface area is 120 Å². The summed E-state index contributed by atoms with van der Waals surface area (Å²) in [6, 6.07) is 8.75. The highest BCUT2D eigenvalue weighted by atomic mass is 35.5. The molecule has 0 heterocycles. The zero-order chi connectivity index (χ0) is 14.7. The number of rotatable bonds is 4. The smallest absolute Gasteiger partial charge is 0.335 e. The van der Waals surface area contributed by atoms with Gasteiger partial charge in [0.25, 0.3) is 0 Å². The molecule has 0 saturated carbocycles. The summed E-state index contributed by atoms with van der Waals surface area (Å²) in [5, 5.41) is 9.35. The van der Waals surface area contributed by atoms with E-state index in [4.69, 9.17) is 21.4 Å². The van der Waals surface area contributed by atoms with Gasteiger partial charge in [-0.15, -0.1) is 0 Å². The van der Waals surface area contributed by atoms with E-state index < -0.39 is 11.8 Å². The van der Waals surface area contributed by atoms with Crippen molar-refractivity contribution in [1.82, 2.24) is 0 Å². The quantitative estimate of drug-likeness (QED) is 0.925. The maximum absolute atomic E-state index is 13.5. The van der Waals surface area contributed by atoms with Crippen LogP contribution >= 0.6 is 11.6 Å². The van der Waals surface area contributed by atoms with Crippen LogP contribution in [0, 0.1) is 12.7 Å². The van der Waals surface area contributed by atoms with Crippen LogP contribution in [0.2, 0.25) is 5.02 Å². The van der Waals surface area contributed by atoms with Crippen molar-refractivity contribution in [2.24, 2.45) is 0 Å². The fourth-order valence-electron chi connectivity index (χ4n) is 1.70. The maximum Gasteiger partial charge on any atom is 0.335 e. The molecule has 0 radical (unpaired) electrons. The summed E-state index contributed by atoms with van der Waals surface area (Å²) in [7, 11) is 0. The molecule has 2 aromatic carbocycles. The minimum absolute atomic E-state index is 0.0176. The fraction of sp³-hybridized carbons (Fsp3) is 0.133. The van der Waals surface area contributed by atoms with E-state index in [2.05, 4.69) is 0 Å². The van der Waals surface area contributed by atoms with Crippen molar-refractivity contribution in [3.05, 3.63) is 63.9 Å². The van der Waals surface area contributed by atoms with Crippen LogP contribution in [0.1, 0.15) is 21.5 Å². The van der Waals surface area contributed by atoms with Gasteiger partial charge in [0.1, 0.15) is 18.2 Å². The van der Waals surface area contributed by atoms with Crippen molar-refractivity contribution < 1.29 is 19.0 Å². The molecule has 0 aliphatic rings. The topological polar surface area (TPSA) is 46.5 Å². The first-order valence-electron chi connectivity index (χ1n) is 5.88. The minimum Gasteiger partial charge on any atom is -0.488 e. The van der Waals surface area contributed by atoms with Crippen molar-refractivity contribution in [2.75, 3.05) is 0 Å². The van der Waals surface area contributed by atoms with Gasteiger partial charge in [0.15, 0.2) is 0 Å². The molecule has 1 N–H and O–H groups in total. The lowest BCUT2D eigenvalue weighted by Crippen LogP contribution is -2.02. The van der Waals surface area contributed by atoms with E-state index in [1.165, 1.54) is 30.3 Å². The third-order valence-electron chi connectivity index (χ3n) is 2.83. The number of ether oxygens (including phenoxy) is 1. The van der Waals surface area contributed by atoms with Crippen LogP contribution in [0.5, 0.6) is 5.75 Å². The van der Waals surface area contributed by atoms with Gasteiger partial charge in [-0.25, -0.2) is 9.18 Å². The molecule has 0 spiro atoms. The zero-order valence-corrected chi connectivity index (χ0v) is 11.4. The first-order chi connectivity index (χ1) is 9.47. The standard InChI is InChI=1S/C15H12ClFO3/c1-9-2-3-10(15(18)19)7-14(9)20-8-11-6-12(16)4-5-13(11)17/h2-7H,8H2,1H3,(H,18,19). The number of benzene rings is 2. The summed E-state index contributed by atoms with van der Waals surface area (Å²) < 4.78 is 19.0. The minimum atomic E-state index is -1.04. The molecule has 0 atom stereocenters. The van der Waals surface area contributed by atoms with Crippen LogP contribution in [-0.2, 0) is 6.61 Å². The molecular weight excluding hydrogens is 283 g/mol. The van der Waals surface area contributed by atoms with Crippen LogP contribution < -0.4 is 4.74 Å². The predicted octanol–water partition coefficient (Wildman–Crippen LogP) is 4.06. The van der Waals surface area contributed by atoms with Crippen LogP contribution in [0.15, 0.2) is 36.4 Å². The molecule has 0 bridgehead atoms. The van der Waals surface area contributed by atoms with Gasteiger partial charge in [-0.3, -0.25) is 0 Å². The van der Waals surface area contributed by atoms with E-state index in [9.17, 15) is 9.18 Å². The van der Waals surface area contributed by atoms with E-state index in [-0.39, 0.29) is 12.2 Å². The van der Waals surface area contributed by atoms with E-state index >= 15 is 0 Å². The van der Waals surface area contributed by atoms with Crippen molar-refractivity contribution in [3.63, 3.8) is 0 Å². The van der Waals surface area contributed by atoms with Gasteiger partial charge in [-0.1, -0.05) is 17.7 Å². The molecule has 0 aromatic heterocycles. The lowest BCUT2D eigenvalue weighted by molar-refractivity contribution is 0.0696. The molecule has 0 aliphatic carbocycles. The normalized spacial score (nSPS) is 10.3. The van der Waals surface area contributed by atoms with Crippen molar-refractivity contribution in [3.8, 4) is 5.75 Å². The number of aromatic carboxylic acids is 1. The van der Waals surface area contributed by atoms with E-state index in [0.717, 1.165) is 5.56 Å². The lowest BCUT2D eigenvalue weighted by atomic mass is 10.1. The van der Waals surface area contributed by atoms with Gasteiger partial charge in [0.05, 0.1) is 5.56 Å². The first kappa shape index (κ1) is 14.3. The average molecular weight is 295 g/mol. The Bertz CT molecular complexity index is 656. The molecule has 2 rings (SSSR count). The zero-order valence-electron chi connectivity index (χ0n) is 10.7. The highest BCUT2D eigenvalue weighted by molar-refractivity contribution is 6.30. The predicted molar refractivity (Wildman–Crippen MR) is 73.9 cm³/mol. The Hall–Kier alpha value is -2.07. The Morgan fingerprint density at radius 2 is 2.05 bits per heavy atom. The van der Waals surface area contributed by atoms with Gasteiger partial charge < -0.3 is 9.84 Å². The molecular formula is C15H12ClFO3. The number of hydrogen-bond acceptors (Lipinski definition) is 2.